The number of hydrogen-bond donors (Lipinski definition) is 5. The number of methoxy groups -OCH3 is 1. The maximum absolute atomic E-state index is 14.7. The summed E-state index contributed by atoms with van der Waals surface area (Å²) in [7, 11) is 1.23. The van der Waals surface area contributed by atoms with E-state index in [4.69, 9.17) is 4.74 Å². The lowest BCUT2D eigenvalue weighted by Crippen LogP contribution is -2.57. The zero-order valence-electron chi connectivity index (χ0n) is 44.1. The van der Waals surface area contributed by atoms with Crippen molar-refractivity contribution < 1.29 is 33.8 Å². The molecule has 0 unspecified atom stereocenters. The molecule has 11 nitrogen and oxygen atoms in total. The lowest BCUT2D eigenvalue weighted by molar-refractivity contribution is -0.146. The van der Waals surface area contributed by atoms with Gasteiger partial charge in [0.15, 0.2) is 0 Å². The van der Waals surface area contributed by atoms with Crippen LogP contribution in [0.3, 0.4) is 0 Å². The van der Waals surface area contributed by atoms with Crippen LogP contribution in [0.5, 0.6) is 0 Å². The number of thioether (sulfide) groups is 2. The fourth-order valence-electron chi connectivity index (χ4n) is 9.07. The minimum atomic E-state index is -1.27. The number of carbonyl (C=O) groups is 5. The molecule has 13 heteroatoms. The number of benzene rings is 6. The first-order valence-electron chi connectivity index (χ1n) is 25.7. The largest absolute Gasteiger partial charge is 0.467 e. The second-order valence-corrected chi connectivity index (χ2v) is 21.5. The topological polar surface area (TPSA) is 163 Å². The van der Waals surface area contributed by atoms with E-state index in [1.54, 1.807) is 52.5 Å². The van der Waals surface area contributed by atoms with Gasteiger partial charge >= 0.3 is 5.97 Å². The van der Waals surface area contributed by atoms with Gasteiger partial charge in [-0.25, -0.2) is 4.79 Å². The van der Waals surface area contributed by atoms with Crippen LogP contribution in [0.4, 0.5) is 0 Å². The van der Waals surface area contributed by atoms with Gasteiger partial charge in [0.25, 0.3) is 5.91 Å². The monoisotopic (exact) mass is 1060 g/mol. The Morgan fingerprint density at radius 2 is 0.947 bits per heavy atom. The van der Waals surface area contributed by atoms with E-state index in [1.165, 1.54) is 24.9 Å². The van der Waals surface area contributed by atoms with Crippen LogP contribution in [0.1, 0.15) is 80.8 Å². The Morgan fingerprint density at radius 1 is 0.553 bits per heavy atom. The minimum Gasteiger partial charge on any atom is -0.467 e. The van der Waals surface area contributed by atoms with Gasteiger partial charge in [-0.05, 0) is 64.3 Å². The molecule has 0 aromatic heterocycles. The van der Waals surface area contributed by atoms with Crippen molar-refractivity contribution in [3.63, 3.8) is 0 Å². The summed E-state index contributed by atoms with van der Waals surface area (Å²) in [6.45, 7) is 8.65. The molecule has 0 saturated carbocycles. The summed E-state index contributed by atoms with van der Waals surface area (Å²) in [6, 6.07) is 57.6. The second kappa shape index (κ2) is 28.6. The molecule has 4 amide bonds. The van der Waals surface area contributed by atoms with Crippen LogP contribution in [0, 0.1) is 11.8 Å². The highest BCUT2D eigenvalue weighted by Crippen LogP contribution is 2.50. The highest BCUT2D eigenvalue weighted by Gasteiger charge is 2.40. The summed E-state index contributed by atoms with van der Waals surface area (Å²) in [4.78, 5) is 69.3. The molecule has 6 aromatic carbocycles. The standard InChI is InChI=1S/C63H70N4O7S2/c1-7-53(58(70)67-57(45(4)5)61(73)74-6)64-59(71)54(43-76-63(49-34-20-11-21-35-49,50-36-22-12-23-37-50)51-38-24-13-25-39-51)65-60(72)56(44(2)3)66-55(69)42-52(68)40-26-27-41-75-62(46-28-14-8-15-29-46,47-30-16-9-17-31-47)48-32-18-10-19-33-48/h7-26,28-40,44-45,52,54,56-57,68H,27,41-43H2,1-6H3,(H,64,71)(H,65,72)(H,66,69)(H,67,70)/b40-26+,53-7-/t52-,54+,56+,57-/m0/s1. The lowest BCUT2D eigenvalue weighted by Gasteiger charge is -2.36. The number of rotatable bonds is 26. The molecule has 0 fully saturated rings. The van der Waals surface area contributed by atoms with E-state index >= 15 is 0 Å². The number of carbonyl (C=O) groups excluding carboxylic acids is 5. The zero-order valence-corrected chi connectivity index (χ0v) is 45.7. The summed E-state index contributed by atoms with van der Waals surface area (Å²) in [6.07, 6.45) is 4.07. The highest BCUT2D eigenvalue weighted by atomic mass is 32.2. The van der Waals surface area contributed by atoms with Crippen LogP contribution < -0.4 is 21.3 Å². The van der Waals surface area contributed by atoms with E-state index in [-0.39, 0.29) is 23.8 Å². The number of ether oxygens (including phenoxy) is 1. The fourth-order valence-corrected chi connectivity index (χ4v) is 12.1. The molecular weight excluding hydrogens is 989 g/mol. The van der Waals surface area contributed by atoms with E-state index in [0.29, 0.717) is 12.2 Å². The van der Waals surface area contributed by atoms with Crippen LogP contribution in [-0.2, 0) is 38.2 Å². The van der Waals surface area contributed by atoms with Gasteiger partial charge in [0, 0.05) is 5.75 Å². The number of hydrogen-bond acceptors (Lipinski definition) is 9. The molecular formula is C63H70N4O7S2. The molecule has 0 aliphatic heterocycles. The molecule has 0 radical (unpaired) electrons. The number of amides is 4. The summed E-state index contributed by atoms with van der Waals surface area (Å²) < 4.78 is 3.55. The molecule has 4 atom stereocenters. The Labute approximate surface area is 456 Å². The first-order valence-corrected chi connectivity index (χ1v) is 27.6. The number of aliphatic hydroxyl groups is 1. The Hall–Kier alpha value is -7.19. The fraction of sp³-hybridized carbons (Fsp3) is 0.286. The van der Waals surface area contributed by atoms with Gasteiger partial charge in [-0.1, -0.05) is 228 Å². The minimum absolute atomic E-state index is 0.00459. The van der Waals surface area contributed by atoms with E-state index in [9.17, 15) is 29.1 Å². The van der Waals surface area contributed by atoms with Crippen LogP contribution in [0.25, 0.3) is 0 Å². The van der Waals surface area contributed by atoms with Crippen molar-refractivity contribution in [3.8, 4) is 0 Å². The summed E-state index contributed by atoms with van der Waals surface area (Å²) in [5.41, 5.74) is 6.09. The predicted molar refractivity (Wildman–Crippen MR) is 307 cm³/mol. The quantitative estimate of drug-likeness (QED) is 0.0117. The van der Waals surface area contributed by atoms with Crippen LogP contribution in [-0.4, -0.2) is 77.5 Å². The highest BCUT2D eigenvalue weighted by molar-refractivity contribution is 8.00. The summed E-state index contributed by atoms with van der Waals surface area (Å²) in [5, 5.41) is 22.3. The lowest BCUT2D eigenvalue weighted by atomic mass is 9.84. The van der Waals surface area contributed by atoms with Crippen LogP contribution in [0.2, 0.25) is 0 Å². The maximum atomic E-state index is 14.7. The number of esters is 1. The second-order valence-electron chi connectivity index (χ2n) is 19.0. The number of nitrogens with one attached hydrogen (secondary N) is 4. The third kappa shape index (κ3) is 14.8. The van der Waals surface area contributed by atoms with Crippen molar-refractivity contribution in [3.05, 3.63) is 239 Å². The predicted octanol–water partition coefficient (Wildman–Crippen LogP) is 10.1. The SMILES string of the molecule is C/C=C(\NC(=O)[C@@H](CSC(c1ccccc1)(c1ccccc1)c1ccccc1)NC(=O)[C@H](NC(=O)C[C@@H](O)/C=C/CCSC(c1ccccc1)(c1ccccc1)c1ccccc1)C(C)C)C(=O)N[C@H](C(=O)OC)C(C)C. The molecule has 0 heterocycles. The third-order valence-corrected chi connectivity index (χ3v) is 16.2. The van der Waals surface area contributed by atoms with Crippen LogP contribution in [0.15, 0.2) is 206 Å². The summed E-state index contributed by atoms with van der Waals surface area (Å²) >= 11 is 3.24. The van der Waals surface area contributed by atoms with E-state index in [0.717, 1.165) is 33.4 Å². The van der Waals surface area contributed by atoms with Crippen molar-refractivity contribution in [1.29, 1.82) is 0 Å². The number of allylic oxidation sites excluding steroid dienone is 2. The normalized spacial score (nSPS) is 13.6. The summed E-state index contributed by atoms with van der Waals surface area (Å²) in [5.74, 6) is -3.32. The van der Waals surface area contributed by atoms with E-state index in [2.05, 4.69) is 94.1 Å². The van der Waals surface area contributed by atoms with E-state index in [1.807, 2.05) is 115 Å². The average Bonchev–Trinajstić information content (AvgIpc) is 3.47. The Bertz CT molecular complexity index is 2660. The Balaban J connectivity index is 1.20. The molecule has 6 aromatic rings. The molecule has 0 saturated heterocycles. The van der Waals surface area contributed by atoms with Gasteiger partial charge in [-0.2, -0.15) is 0 Å². The molecule has 0 aliphatic carbocycles. The maximum Gasteiger partial charge on any atom is 0.328 e. The van der Waals surface area contributed by atoms with Gasteiger partial charge in [-0.15, -0.1) is 23.5 Å². The van der Waals surface area contributed by atoms with E-state index < -0.39 is 69.2 Å². The third-order valence-electron chi connectivity index (χ3n) is 13.0. The van der Waals surface area contributed by atoms with Gasteiger partial charge in [0.05, 0.1) is 29.1 Å². The van der Waals surface area contributed by atoms with Crippen molar-refractivity contribution in [1.82, 2.24) is 21.3 Å². The van der Waals surface area contributed by atoms with Crippen molar-refractivity contribution in [2.24, 2.45) is 11.8 Å². The van der Waals surface area contributed by atoms with Crippen molar-refractivity contribution in [2.75, 3.05) is 18.6 Å². The Kier molecular flexibility index (Phi) is 21.9. The molecule has 6 rings (SSSR count). The van der Waals surface area contributed by atoms with Gasteiger partial charge in [0.2, 0.25) is 17.7 Å². The Morgan fingerprint density at radius 3 is 1.32 bits per heavy atom. The first-order chi connectivity index (χ1) is 36.7. The van der Waals surface area contributed by atoms with Crippen molar-refractivity contribution >= 4 is 53.1 Å². The molecule has 0 bridgehead atoms. The van der Waals surface area contributed by atoms with Crippen molar-refractivity contribution in [2.45, 2.75) is 81.2 Å². The molecule has 396 valence electrons. The van der Waals surface area contributed by atoms with Crippen LogP contribution >= 0.6 is 23.5 Å². The average molecular weight is 1060 g/mol. The number of aliphatic hydroxyl groups excluding tert-OH is 1. The van der Waals surface area contributed by atoms with Gasteiger partial charge < -0.3 is 31.1 Å². The molecule has 0 spiro atoms. The molecule has 0 aliphatic rings. The first kappa shape index (κ1) is 58.1. The zero-order chi connectivity index (χ0) is 54.5. The van der Waals surface area contributed by atoms with Gasteiger partial charge in [0.1, 0.15) is 23.8 Å². The molecule has 5 N–H and O–H groups in total. The smallest absolute Gasteiger partial charge is 0.328 e. The van der Waals surface area contributed by atoms with Gasteiger partial charge in [-0.3, -0.25) is 19.2 Å². The molecule has 76 heavy (non-hydrogen) atoms.